The maximum Gasteiger partial charge on any atom is 0.174 e. The Morgan fingerprint density at radius 3 is 3.13 bits per heavy atom. The summed E-state index contributed by atoms with van der Waals surface area (Å²) in [4.78, 5) is 0. The minimum atomic E-state index is 0.576. The molecule has 0 aliphatic rings. The lowest BCUT2D eigenvalue weighted by Gasteiger charge is -1.99. The predicted molar refractivity (Wildman–Crippen MR) is 61.9 cm³/mol. The summed E-state index contributed by atoms with van der Waals surface area (Å²) in [6.45, 7) is 0.892. The van der Waals surface area contributed by atoms with Crippen LogP contribution in [0, 0.1) is 0 Å². The van der Waals surface area contributed by atoms with E-state index in [1.54, 1.807) is 34.7 Å². The number of hydrogen-bond acceptors (Lipinski definition) is 6. The Morgan fingerprint density at radius 1 is 1.53 bits per heavy atom. The van der Waals surface area contributed by atoms with Gasteiger partial charge in [-0.25, -0.2) is 0 Å². The second-order valence-corrected chi connectivity index (χ2v) is 5.09. The van der Waals surface area contributed by atoms with Crippen LogP contribution in [0.15, 0.2) is 22.1 Å². The standard InChI is InChI=1S/C8H11N5S2/c9-7-2-4-13(12-7)3-1-5-14-8-11-10-6-15-8/h2,4,6H,1,3,5H2,(H2,9,12). The molecule has 0 bridgehead atoms. The van der Waals surface area contributed by atoms with Crippen molar-refractivity contribution >= 4 is 28.9 Å². The third-order valence-electron chi connectivity index (χ3n) is 1.76. The molecule has 0 fully saturated rings. The van der Waals surface area contributed by atoms with Gasteiger partial charge in [-0.2, -0.15) is 5.10 Å². The summed E-state index contributed by atoms with van der Waals surface area (Å²) in [7, 11) is 0. The van der Waals surface area contributed by atoms with Gasteiger partial charge in [0.15, 0.2) is 4.34 Å². The van der Waals surface area contributed by atoms with E-state index in [1.165, 1.54) is 0 Å². The van der Waals surface area contributed by atoms with Crippen LogP contribution in [0.1, 0.15) is 6.42 Å². The zero-order valence-electron chi connectivity index (χ0n) is 8.04. The Hall–Kier alpha value is -1.08. The molecule has 0 aliphatic heterocycles. The van der Waals surface area contributed by atoms with E-state index in [2.05, 4.69) is 15.3 Å². The number of thioether (sulfide) groups is 1. The van der Waals surface area contributed by atoms with Gasteiger partial charge < -0.3 is 5.73 Å². The molecule has 0 amide bonds. The molecule has 2 rings (SSSR count). The van der Waals surface area contributed by atoms with Gasteiger partial charge in [0.25, 0.3) is 0 Å². The van der Waals surface area contributed by atoms with E-state index in [0.717, 1.165) is 23.1 Å². The lowest BCUT2D eigenvalue weighted by atomic mass is 10.5. The first-order chi connectivity index (χ1) is 7.34. The highest BCUT2D eigenvalue weighted by atomic mass is 32.2. The number of anilines is 1. The average molecular weight is 241 g/mol. The van der Waals surface area contributed by atoms with Gasteiger partial charge in [-0.1, -0.05) is 23.1 Å². The van der Waals surface area contributed by atoms with Crippen molar-refractivity contribution in [2.45, 2.75) is 17.3 Å². The summed E-state index contributed by atoms with van der Waals surface area (Å²) in [6, 6.07) is 1.80. The molecule has 0 aromatic carbocycles. The summed E-state index contributed by atoms with van der Waals surface area (Å²) in [5, 5.41) is 11.8. The fraction of sp³-hybridized carbons (Fsp3) is 0.375. The van der Waals surface area contributed by atoms with Crippen LogP contribution in [-0.2, 0) is 6.54 Å². The molecule has 2 aromatic heterocycles. The molecule has 0 saturated carbocycles. The average Bonchev–Trinajstić information content (AvgIpc) is 2.84. The fourth-order valence-corrected chi connectivity index (χ4v) is 2.60. The second kappa shape index (κ2) is 5.13. The maximum atomic E-state index is 5.51. The minimum absolute atomic E-state index is 0.576. The smallest absolute Gasteiger partial charge is 0.174 e. The molecule has 2 heterocycles. The number of hydrogen-bond donors (Lipinski definition) is 1. The summed E-state index contributed by atoms with van der Waals surface area (Å²) < 4.78 is 2.88. The van der Waals surface area contributed by atoms with E-state index in [9.17, 15) is 0 Å². The fourth-order valence-electron chi connectivity index (χ4n) is 1.11. The van der Waals surface area contributed by atoms with Gasteiger partial charge in [-0.3, -0.25) is 4.68 Å². The van der Waals surface area contributed by atoms with Crippen molar-refractivity contribution in [2.24, 2.45) is 0 Å². The Balaban J connectivity index is 1.67. The summed E-state index contributed by atoms with van der Waals surface area (Å²) in [5.41, 5.74) is 7.25. The molecule has 0 saturated heterocycles. The van der Waals surface area contributed by atoms with Crippen molar-refractivity contribution < 1.29 is 0 Å². The van der Waals surface area contributed by atoms with Crippen molar-refractivity contribution in [2.75, 3.05) is 11.5 Å². The summed E-state index contributed by atoms with van der Waals surface area (Å²) >= 11 is 3.30. The highest BCUT2D eigenvalue weighted by molar-refractivity contribution is 8.00. The van der Waals surface area contributed by atoms with Gasteiger partial charge in [0.05, 0.1) is 0 Å². The van der Waals surface area contributed by atoms with Gasteiger partial charge in [-0.05, 0) is 12.5 Å². The van der Waals surface area contributed by atoms with Gasteiger partial charge >= 0.3 is 0 Å². The first kappa shape index (κ1) is 10.4. The normalized spacial score (nSPS) is 10.7. The van der Waals surface area contributed by atoms with E-state index >= 15 is 0 Å². The second-order valence-electron chi connectivity index (χ2n) is 2.91. The van der Waals surface area contributed by atoms with Crippen LogP contribution in [0.2, 0.25) is 0 Å². The SMILES string of the molecule is Nc1ccn(CCCSc2nncs2)n1. The van der Waals surface area contributed by atoms with Crippen molar-refractivity contribution in [3.05, 3.63) is 17.8 Å². The molecule has 80 valence electrons. The van der Waals surface area contributed by atoms with Crippen molar-refractivity contribution in [3.63, 3.8) is 0 Å². The van der Waals surface area contributed by atoms with Gasteiger partial charge in [-0.15, -0.1) is 10.2 Å². The number of aryl methyl sites for hydroxylation is 1. The van der Waals surface area contributed by atoms with E-state index in [4.69, 9.17) is 5.73 Å². The highest BCUT2D eigenvalue weighted by Gasteiger charge is 1.98. The Morgan fingerprint density at radius 2 is 2.47 bits per heavy atom. The van der Waals surface area contributed by atoms with E-state index in [1.807, 2.05) is 10.9 Å². The quantitative estimate of drug-likeness (QED) is 0.634. The number of nitrogens with zero attached hydrogens (tertiary/aromatic N) is 4. The van der Waals surface area contributed by atoms with Crippen molar-refractivity contribution in [1.29, 1.82) is 0 Å². The molecule has 0 radical (unpaired) electrons. The minimum Gasteiger partial charge on any atom is -0.382 e. The first-order valence-electron chi connectivity index (χ1n) is 4.52. The molecular formula is C8H11N5S2. The molecule has 0 aliphatic carbocycles. The summed E-state index contributed by atoms with van der Waals surface area (Å²) in [6.07, 6.45) is 2.94. The Bertz CT molecular complexity index is 397. The molecule has 15 heavy (non-hydrogen) atoms. The first-order valence-corrected chi connectivity index (χ1v) is 6.39. The van der Waals surface area contributed by atoms with Crippen LogP contribution >= 0.6 is 23.1 Å². The lowest BCUT2D eigenvalue weighted by Crippen LogP contribution is -2.00. The van der Waals surface area contributed by atoms with Crippen LogP contribution in [0.4, 0.5) is 5.82 Å². The molecule has 2 aromatic rings. The monoisotopic (exact) mass is 241 g/mol. The van der Waals surface area contributed by atoms with Crippen LogP contribution in [0.5, 0.6) is 0 Å². The molecule has 2 N–H and O–H groups in total. The van der Waals surface area contributed by atoms with Crippen molar-refractivity contribution in [3.8, 4) is 0 Å². The highest BCUT2D eigenvalue weighted by Crippen LogP contribution is 2.19. The third kappa shape index (κ3) is 3.21. The lowest BCUT2D eigenvalue weighted by molar-refractivity contribution is 0.608. The largest absolute Gasteiger partial charge is 0.382 e. The van der Waals surface area contributed by atoms with Crippen molar-refractivity contribution in [1.82, 2.24) is 20.0 Å². The topological polar surface area (TPSA) is 69.6 Å². The summed E-state index contributed by atoms with van der Waals surface area (Å²) in [5.74, 6) is 1.60. The van der Waals surface area contributed by atoms with E-state index < -0.39 is 0 Å². The Kier molecular flexibility index (Phi) is 3.57. The number of nitrogens with two attached hydrogens (primary N) is 1. The predicted octanol–water partition coefficient (Wildman–Crippen LogP) is 1.50. The Labute approximate surface area is 95.7 Å². The zero-order valence-corrected chi connectivity index (χ0v) is 9.67. The zero-order chi connectivity index (χ0) is 10.5. The van der Waals surface area contributed by atoms with Gasteiger partial charge in [0.2, 0.25) is 0 Å². The molecule has 0 unspecified atom stereocenters. The van der Waals surface area contributed by atoms with Crippen LogP contribution in [0.25, 0.3) is 0 Å². The number of nitrogen functional groups attached to an aromatic ring is 1. The van der Waals surface area contributed by atoms with Gasteiger partial charge in [0.1, 0.15) is 11.3 Å². The van der Waals surface area contributed by atoms with E-state index in [0.29, 0.717) is 5.82 Å². The molecule has 0 spiro atoms. The molecule has 7 heteroatoms. The molecule has 0 atom stereocenters. The molecule has 5 nitrogen and oxygen atoms in total. The molecular weight excluding hydrogens is 230 g/mol. The third-order valence-corrected chi connectivity index (χ3v) is 3.71. The van der Waals surface area contributed by atoms with Gasteiger partial charge in [0, 0.05) is 18.5 Å². The van der Waals surface area contributed by atoms with Crippen LogP contribution in [-0.4, -0.2) is 25.7 Å². The maximum absolute atomic E-state index is 5.51. The van der Waals surface area contributed by atoms with Crippen LogP contribution in [0.3, 0.4) is 0 Å². The van der Waals surface area contributed by atoms with Crippen LogP contribution < -0.4 is 5.73 Å². The number of rotatable bonds is 5. The van der Waals surface area contributed by atoms with E-state index in [-0.39, 0.29) is 0 Å². The number of aromatic nitrogens is 4.